The minimum atomic E-state index is -4.95. The van der Waals surface area contributed by atoms with Crippen molar-refractivity contribution in [1.82, 2.24) is 19.9 Å². The Morgan fingerprint density at radius 3 is 1.59 bits per heavy atom. The summed E-state index contributed by atoms with van der Waals surface area (Å²) in [5, 5.41) is 7.87. The van der Waals surface area contributed by atoms with Gasteiger partial charge in [-0.05, 0) is 71.9 Å². The molecule has 0 spiro atoms. The van der Waals surface area contributed by atoms with Gasteiger partial charge in [-0.3, -0.25) is 20.2 Å². The van der Waals surface area contributed by atoms with E-state index < -0.39 is 64.9 Å². The largest absolute Gasteiger partial charge is 0.456 e. The van der Waals surface area contributed by atoms with E-state index in [1.165, 1.54) is 24.5 Å². The van der Waals surface area contributed by atoms with Gasteiger partial charge in [-0.1, -0.05) is 48.5 Å². The van der Waals surface area contributed by atoms with Crippen LogP contribution in [0.2, 0.25) is 0 Å². The summed E-state index contributed by atoms with van der Waals surface area (Å²) >= 11 is 0. The van der Waals surface area contributed by atoms with E-state index >= 15 is 0 Å². The number of carbonyl (C=O) groups excluding carboxylic acids is 3. The first-order valence-corrected chi connectivity index (χ1v) is 20.4. The Labute approximate surface area is 381 Å². The Hall–Kier alpha value is -8.10. The van der Waals surface area contributed by atoms with Crippen LogP contribution in [0.1, 0.15) is 52.8 Å². The van der Waals surface area contributed by atoms with E-state index in [2.05, 4.69) is 35.6 Å². The second kappa shape index (κ2) is 18.3. The van der Waals surface area contributed by atoms with Gasteiger partial charge in [-0.15, -0.1) is 0 Å². The van der Waals surface area contributed by atoms with Crippen molar-refractivity contribution in [3.8, 4) is 23.0 Å². The second-order valence-electron chi connectivity index (χ2n) is 16.9. The SMILES string of the molecule is CC(C)(C)OC(=O)Nc1ccc(Oc2ccnc3[nH]c(=O)c(C(F)(F)F)nc23)c2ccccc12.CC(C)(C)OC(=O)Nc1ccc(Oc2ccnc3c2CC(=O)C(C(F)(F)F)=N3)c2ccccc12. The number of fused-ring (bicyclic) bond motifs is 4. The Morgan fingerprint density at radius 2 is 1.09 bits per heavy atom. The lowest BCUT2D eigenvalue weighted by Gasteiger charge is -2.21. The average molecular weight is 944 g/mol. The van der Waals surface area contributed by atoms with Crippen molar-refractivity contribution in [2.24, 2.45) is 4.99 Å². The highest BCUT2D eigenvalue weighted by atomic mass is 19.4. The number of H-pyrrole nitrogens is 1. The van der Waals surface area contributed by atoms with Gasteiger partial charge in [0, 0.05) is 52.0 Å². The summed E-state index contributed by atoms with van der Waals surface area (Å²) < 4.78 is 101. The van der Waals surface area contributed by atoms with Gasteiger partial charge in [0.25, 0.3) is 5.56 Å². The molecule has 8 rings (SSSR count). The smallest absolute Gasteiger partial charge is 0.438 e. The van der Waals surface area contributed by atoms with Crippen LogP contribution >= 0.6 is 0 Å². The highest BCUT2D eigenvalue weighted by molar-refractivity contribution is 6.43. The molecule has 4 aromatic carbocycles. The molecule has 1 aliphatic heterocycles. The number of aromatic amines is 1. The number of ether oxygens (including phenoxy) is 4. The minimum absolute atomic E-state index is 0.0373. The number of hydrogen-bond donors (Lipinski definition) is 3. The summed E-state index contributed by atoms with van der Waals surface area (Å²) in [5.74, 6) is -0.571. The number of pyridine rings is 2. The number of carbonyl (C=O) groups is 3. The number of ketones is 1. The van der Waals surface area contributed by atoms with Gasteiger partial charge >= 0.3 is 24.5 Å². The predicted molar refractivity (Wildman–Crippen MR) is 239 cm³/mol. The first kappa shape index (κ1) is 47.9. The second-order valence-corrected chi connectivity index (χ2v) is 16.9. The molecule has 15 nitrogen and oxygen atoms in total. The molecule has 7 aromatic rings. The van der Waals surface area contributed by atoms with Crippen LogP contribution < -0.4 is 25.7 Å². The summed E-state index contributed by atoms with van der Waals surface area (Å²) in [4.78, 5) is 65.1. The predicted octanol–water partition coefficient (Wildman–Crippen LogP) is 11.8. The third kappa shape index (κ3) is 11.1. The van der Waals surface area contributed by atoms with Gasteiger partial charge < -0.3 is 23.9 Å². The number of halogens is 6. The number of rotatable bonds is 6. The summed E-state index contributed by atoms with van der Waals surface area (Å²) in [6, 6.07) is 23.3. The highest BCUT2D eigenvalue weighted by Crippen LogP contribution is 2.40. The average Bonchev–Trinajstić information content (AvgIpc) is 3.23. The van der Waals surface area contributed by atoms with Crippen LogP contribution in [0.5, 0.6) is 23.0 Å². The molecular formula is C47H39F6N7O8. The van der Waals surface area contributed by atoms with Crippen LogP contribution in [0.4, 0.5) is 53.1 Å². The van der Waals surface area contributed by atoms with Gasteiger partial charge in [0.1, 0.15) is 34.0 Å². The Bertz CT molecular complexity index is 3210. The molecule has 0 radical (unpaired) electrons. The molecule has 3 aromatic heterocycles. The van der Waals surface area contributed by atoms with Crippen LogP contribution in [-0.4, -0.2) is 61.0 Å². The molecule has 3 N–H and O–H groups in total. The van der Waals surface area contributed by atoms with Crippen molar-refractivity contribution in [2.45, 2.75) is 71.5 Å². The lowest BCUT2D eigenvalue weighted by atomic mass is 10.0. The molecule has 0 saturated heterocycles. The molecule has 2 amide bonds. The lowest BCUT2D eigenvalue weighted by Crippen LogP contribution is -2.34. The third-order valence-electron chi connectivity index (χ3n) is 9.38. The molecule has 0 fully saturated rings. The maximum Gasteiger partial charge on any atom is 0.438 e. The number of aliphatic imine (C=N–C) groups is 1. The lowest BCUT2D eigenvalue weighted by molar-refractivity contribution is -0.142. The zero-order chi connectivity index (χ0) is 49.3. The van der Waals surface area contributed by atoms with E-state index in [1.54, 1.807) is 114 Å². The maximum atomic E-state index is 13.2. The monoisotopic (exact) mass is 943 g/mol. The molecule has 0 unspecified atom stereocenters. The molecule has 0 atom stereocenters. The molecule has 4 heterocycles. The standard InChI is InChI=1S/C24H20F3N3O4.C23H19F3N4O4/c1-23(2,3)34-22(32)29-16-8-9-18(14-7-5-4-6-13(14)16)33-19-10-11-28-21-15(19)12-17(31)20(30-21)24(25,26)27;1-22(2,3)34-21(32)28-14-8-9-15(13-7-5-4-6-12(13)14)33-16-10-11-27-19-17(16)29-18(20(31)30-19)23(24,25)26/h4-11H,12H2,1-3H3,(H,29,32);4-11H,1-3H3,(H,28,32)(H,27,30,31). The fraction of sp³-hybridized carbons (Fsp3) is 0.234. The van der Waals surface area contributed by atoms with E-state index in [0.717, 1.165) is 0 Å². The van der Waals surface area contributed by atoms with Gasteiger partial charge in [0.15, 0.2) is 28.7 Å². The topological polar surface area (TPSA) is 196 Å². The number of Topliss-reactive ketones (excluding diaryl/α,β-unsaturated/α-hetero) is 1. The van der Waals surface area contributed by atoms with E-state index in [4.69, 9.17) is 18.9 Å². The number of alkyl halides is 6. The summed E-state index contributed by atoms with van der Waals surface area (Å²) in [6.07, 6.45) is -9.05. The molecule has 21 heteroatoms. The van der Waals surface area contributed by atoms with Gasteiger partial charge in [-0.2, -0.15) is 26.3 Å². The van der Waals surface area contributed by atoms with Crippen LogP contribution in [-0.2, 0) is 26.9 Å². The summed E-state index contributed by atoms with van der Waals surface area (Å²) in [7, 11) is 0. The van der Waals surface area contributed by atoms with Crippen LogP contribution in [0, 0.1) is 0 Å². The summed E-state index contributed by atoms with van der Waals surface area (Å²) in [6.45, 7) is 10.5. The molecular weight excluding hydrogens is 905 g/mol. The zero-order valence-corrected chi connectivity index (χ0v) is 36.8. The molecule has 0 bridgehead atoms. The van der Waals surface area contributed by atoms with Gasteiger partial charge in [0.2, 0.25) is 5.69 Å². The number of anilines is 2. The number of nitrogens with zero attached hydrogens (tertiary/aromatic N) is 4. The van der Waals surface area contributed by atoms with E-state index in [9.17, 15) is 45.5 Å². The number of nitrogens with one attached hydrogen (secondary N) is 3. The fourth-order valence-corrected chi connectivity index (χ4v) is 6.70. The first-order valence-electron chi connectivity index (χ1n) is 20.4. The molecule has 1 aliphatic rings. The van der Waals surface area contributed by atoms with Crippen molar-refractivity contribution >= 4 is 73.6 Å². The van der Waals surface area contributed by atoms with E-state index in [0.29, 0.717) is 44.4 Å². The summed E-state index contributed by atoms with van der Waals surface area (Å²) in [5.41, 5.74) is -5.12. The normalized spacial score (nSPS) is 12.9. The maximum absolute atomic E-state index is 13.2. The van der Waals surface area contributed by atoms with Crippen molar-refractivity contribution in [1.29, 1.82) is 0 Å². The first-order chi connectivity index (χ1) is 31.8. The number of amides is 2. The number of hydrogen-bond acceptors (Lipinski definition) is 12. The van der Waals surface area contributed by atoms with E-state index in [1.807, 2.05) is 0 Å². The van der Waals surface area contributed by atoms with Gasteiger partial charge in [0.05, 0.1) is 11.4 Å². The minimum Gasteiger partial charge on any atom is -0.456 e. The highest BCUT2D eigenvalue weighted by Gasteiger charge is 2.43. The Balaban J connectivity index is 0.000000201. The molecule has 0 aliphatic carbocycles. The molecule has 0 saturated carbocycles. The van der Waals surface area contributed by atoms with Crippen LogP contribution in [0.25, 0.3) is 32.7 Å². The number of aromatic nitrogens is 4. The Kier molecular flexibility index (Phi) is 12.9. The van der Waals surface area contributed by atoms with E-state index in [-0.39, 0.29) is 34.0 Å². The van der Waals surface area contributed by atoms with Crippen LogP contribution in [0.15, 0.2) is 107 Å². The van der Waals surface area contributed by atoms with Crippen molar-refractivity contribution < 1.29 is 59.7 Å². The molecule has 68 heavy (non-hydrogen) atoms. The van der Waals surface area contributed by atoms with Crippen molar-refractivity contribution in [2.75, 3.05) is 10.6 Å². The van der Waals surface area contributed by atoms with Crippen LogP contribution in [0.3, 0.4) is 0 Å². The number of benzene rings is 4. The van der Waals surface area contributed by atoms with Gasteiger partial charge in [-0.25, -0.2) is 29.5 Å². The third-order valence-corrected chi connectivity index (χ3v) is 9.38. The zero-order valence-electron chi connectivity index (χ0n) is 36.8. The molecule has 352 valence electrons. The fourth-order valence-electron chi connectivity index (χ4n) is 6.70. The van der Waals surface area contributed by atoms with Crippen molar-refractivity contribution in [3.63, 3.8) is 0 Å². The van der Waals surface area contributed by atoms with Crippen molar-refractivity contribution in [3.05, 3.63) is 119 Å². The Morgan fingerprint density at radius 1 is 0.603 bits per heavy atom. The quantitative estimate of drug-likeness (QED) is 0.134.